The molecule has 1 aromatic carbocycles. The molecule has 6 heteroatoms. The van der Waals surface area contributed by atoms with Gasteiger partial charge >= 0.3 is 0 Å². The summed E-state index contributed by atoms with van der Waals surface area (Å²) in [6, 6.07) is 3.55. The lowest BCUT2D eigenvalue weighted by Crippen LogP contribution is -2.19. The number of nitrogens with zero attached hydrogens (tertiary/aromatic N) is 1. The van der Waals surface area contributed by atoms with Crippen LogP contribution < -0.4 is 10.6 Å². The minimum absolute atomic E-state index is 0. The monoisotopic (exact) mass is 270 g/mol. The van der Waals surface area contributed by atoms with E-state index < -0.39 is 12.5 Å². The second-order valence-corrected chi connectivity index (χ2v) is 3.87. The van der Waals surface area contributed by atoms with Crippen LogP contribution in [0, 0.1) is 0 Å². The molecule has 0 fully saturated rings. The second kappa shape index (κ2) is 6.23. The second-order valence-electron chi connectivity index (χ2n) is 3.46. The molecule has 0 saturated heterocycles. The van der Waals surface area contributed by atoms with Crippen molar-refractivity contribution in [2.24, 2.45) is 5.73 Å². The van der Waals surface area contributed by atoms with Gasteiger partial charge in [-0.05, 0) is 17.7 Å². The third-order valence-electron chi connectivity index (χ3n) is 2.13. The van der Waals surface area contributed by atoms with E-state index in [4.69, 9.17) is 17.3 Å². The molecule has 16 heavy (non-hydrogen) atoms. The van der Waals surface area contributed by atoms with E-state index in [0.29, 0.717) is 0 Å². The maximum Gasteiger partial charge on any atom is 0.257 e. The average molecular weight is 271 g/mol. The van der Waals surface area contributed by atoms with Crippen molar-refractivity contribution in [2.75, 3.05) is 19.0 Å². The Balaban J connectivity index is 0.00000225. The highest BCUT2D eigenvalue weighted by atomic mass is 35.5. The minimum atomic E-state index is -2.60. The number of nitrogens with two attached hydrogens (primary N) is 1. The van der Waals surface area contributed by atoms with Gasteiger partial charge in [-0.25, -0.2) is 8.78 Å². The fourth-order valence-electron chi connectivity index (χ4n) is 1.20. The van der Waals surface area contributed by atoms with Gasteiger partial charge in [-0.15, -0.1) is 12.4 Å². The molecule has 0 unspecified atom stereocenters. The molecule has 0 aromatic heterocycles. The van der Waals surface area contributed by atoms with Crippen LogP contribution in [0.4, 0.5) is 14.5 Å². The number of hydrogen-bond donors (Lipinski definition) is 1. The Kier molecular flexibility index (Phi) is 6.00. The van der Waals surface area contributed by atoms with E-state index in [1.54, 1.807) is 12.1 Å². The normalized spacial score (nSPS) is 12.2. The lowest BCUT2D eigenvalue weighted by Gasteiger charge is -2.17. The Labute approximate surface area is 105 Å². The molecule has 1 atom stereocenters. The quantitative estimate of drug-likeness (QED) is 0.915. The van der Waals surface area contributed by atoms with Crippen LogP contribution in [0.25, 0.3) is 0 Å². The van der Waals surface area contributed by atoms with E-state index in [2.05, 4.69) is 0 Å². The molecule has 0 radical (unpaired) electrons. The van der Waals surface area contributed by atoms with Crippen molar-refractivity contribution >= 4 is 29.7 Å². The summed E-state index contributed by atoms with van der Waals surface area (Å²) in [7, 11) is 3.69. The van der Waals surface area contributed by atoms with Crippen molar-refractivity contribution in [3.8, 4) is 0 Å². The zero-order chi connectivity index (χ0) is 11.6. The van der Waals surface area contributed by atoms with Crippen LogP contribution in [0.5, 0.6) is 0 Å². The summed E-state index contributed by atoms with van der Waals surface area (Å²) >= 11 is 5.87. The Hall–Kier alpha value is -0.580. The maximum absolute atomic E-state index is 12.4. The first-order valence-electron chi connectivity index (χ1n) is 4.44. The van der Waals surface area contributed by atoms with Crippen LogP contribution in [-0.2, 0) is 0 Å². The van der Waals surface area contributed by atoms with Gasteiger partial charge in [-0.1, -0.05) is 17.7 Å². The molecule has 0 aliphatic rings. The number of halogens is 4. The molecule has 0 amide bonds. The first kappa shape index (κ1) is 15.4. The van der Waals surface area contributed by atoms with Gasteiger partial charge in [0, 0.05) is 24.8 Å². The fourth-order valence-corrected chi connectivity index (χ4v) is 1.50. The average Bonchev–Trinajstić information content (AvgIpc) is 2.16. The standard InChI is InChI=1S/C10H13ClF2N2.ClH/c1-15(2)6-3-4-7(8(11)5-6)9(14)10(12)13;/h3-5,9-10H,14H2,1-2H3;1H/t9-;/m1./s1. The number of alkyl halides is 2. The van der Waals surface area contributed by atoms with Gasteiger partial charge in [-0.2, -0.15) is 0 Å². The summed E-state index contributed by atoms with van der Waals surface area (Å²) in [5, 5.41) is 0.272. The number of benzene rings is 1. The summed E-state index contributed by atoms with van der Waals surface area (Å²) in [6.45, 7) is 0. The van der Waals surface area contributed by atoms with E-state index in [0.717, 1.165) is 5.69 Å². The van der Waals surface area contributed by atoms with Crippen molar-refractivity contribution in [2.45, 2.75) is 12.5 Å². The van der Waals surface area contributed by atoms with E-state index in [9.17, 15) is 8.78 Å². The maximum atomic E-state index is 12.4. The van der Waals surface area contributed by atoms with Crippen LogP contribution >= 0.6 is 24.0 Å². The third-order valence-corrected chi connectivity index (χ3v) is 2.46. The summed E-state index contributed by atoms with van der Waals surface area (Å²) in [5.41, 5.74) is 6.44. The predicted octanol–water partition coefficient (Wildman–Crippen LogP) is 3.09. The smallest absolute Gasteiger partial charge is 0.257 e. The van der Waals surface area contributed by atoms with Gasteiger partial charge in [0.25, 0.3) is 6.43 Å². The molecule has 0 spiro atoms. The SMILES string of the molecule is CN(C)c1ccc([C@@H](N)C(F)F)c(Cl)c1.Cl. The van der Waals surface area contributed by atoms with Crippen LogP contribution in [0.15, 0.2) is 18.2 Å². The molecule has 1 rings (SSSR count). The van der Waals surface area contributed by atoms with E-state index in [1.165, 1.54) is 6.07 Å². The van der Waals surface area contributed by atoms with Crippen molar-refractivity contribution in [3.05, 3.63) is 28.8 Å². The van der Waals surface area contributed by atoms with E-state index in [-0.39, 0.29) is 23.0 Å². The van der Waals surface area contributed by atoms with Gasteiger partial charge in [0.15, 0.2) is 0 Å². The highest BCUT2D eigenvalue weighted by Crippen LogP contribution is 2.28. The molecule has 2 N–H and O–H groups in total. The minimum Gasteiger partial charge on any atom is -0.378 e. The largest absolute Gasteiger partial charge is 0.378 e. The molecule has 0 heterocycles. The Bertz CT molecular complexity index is 346. The summed E-state index contributed by atoms with van der Waals surface area (Å²) in [4.78, 5) is 1.84. The lowest BCUT2D eigenvalue weighted by atomic mass is 10.1. The molecule has 0 saturated carbocycles. The summed E-state index contributed by atoms with van der Waals surface area (Å²) < 4.78 is 24.7. The Morgan fingerprint density at radius 3 is 2.25 bits per heavy atom. The molecule has 92 valence electrons. The van der Waals surface area contributed by atoms with Gasteiger partial charge < -0.3 is 10.6 Å². The highest BCUT2D eigenvalue weighted by Gasteiger charge is 2.20. The summed E-state index contributed by atoms with van der Waals surface area (Å²) in [5.74, 6) is 0. The zero-order valence-corrected chi connectivity index (χ0v) is 10.5. The van der Waals surface area contributed by atoms with Crippen molar-refractivity contribution in [1.29, 1.82) is 0 Å². The van der Waals surface area contributed by atoms with Crippen molar-refractivity contribution < 1.29 is 8.78 Å². The lowest BCUT2D eigenvalue weighted by molar-refractivity contribution is 0.116. The highest BCUT2D eigenvalue weighted by molar-refractivity contribution is 6.31. The van der Waals surface area contributed by atoms with Crippen molar-refractivity contribution in [1.82, 2.24) is 0 Å². The van der Waals surface area contributed by atoms with Gasteiger partial charge in [0.1, 0.15) is 0 Å². The third kappa shape index (κ3) is 3.47. The predicted molar refractivity (Wildman–Crippen MR) is 66.0 cm³/mol. The molecular weight excluding hydrogens is 257 g/mol. The Morgan fingerprint density at radius 2 is 1.88 bits per heavy atom. The number of rotatable bonds is 3. The molecular formula is C10H14Cl2F2N2. The first-order chi connectivity index (χ1) is 6.93. The first-order valence-corrected chi connectivity index (χ1v) is 4.81. The van der Waals surface area contributed by atoms with Crippen LogP contribution in [0.1, 0.15) is 11.6 Å². The van der Waals surface area contributed by atoms with E-state index >= 15 is 0 Å². The molecule has 0 bridgehead atoms. The molecule has 1 aromatic rings. The number of hydrogen-bond acceptors (Lipinski definition) is 2. The van der Waals surface area contributed by atoms with Gasteiger partial charge in [-0.3, -0.25) is 0 Å². The zero-order valence-electron chi connectivity index (χ0n) is 8.95. The van der Waals surface area contributed by atoms with Crippen LogP contribution in [0.2, 0.25) is 5.02 Å². The van der Waals surface area contributed by atoms with Crippen LogP contribution in [-0.4, -0.2) is 20.5 Å². The summed E-state index contributed by atoms with van der Waals surface area (Å²) in [6.07, 6.45) is -2.60. The molecule has 2 nitrogen and oxygen atoms in total. The van der Waals surface area contributed by atoms with Gasteiger partial charge in [0.2, 0.25) is 0 Å². The number of anilines is 1. The van der Waals surface area contributed by atoms with Gasteiger partial charge in [0.05, 0.1) is 6.04 Å². The van der Waals surface area contributed by atoms with E-state index in [1.807, 2.05) is 19.0 Å². The molecule has 0 aliphatic heterocycles. The van der Waals surface area contributed by atoms with Crippen molar-refractivity contribution in [3.63, 3.8) is 0 Å². The topological polar surface area (TPSA) is 29.3 Å². The van der Waals surface area contributed by atoms with Crippen LogP contribution in [0.3, 0.4) is 0 Å². The Morgan fingerprint density at radius 1 is 1.31 bits per heavy atom. The molecule has 0 aliphatic carbocycles. The fraction of sp³-hybridized carbons (Fsp3) is 0.400.